The molecule has 0 aliphatic rings. The molecule has 2 aromatic rings. The maximum Gasteiger partial charge on any atom is 0.101 e. The van der Waals surface area contributed by atoms with E-state index in [0.717, 1.165) is 9.92 Å². The van der Waals surface area contributed by atoms with Crippen molar-refractivity contribution in [1.82, 2.24) is 4.98 Å². The topological polar surface area (TPSA) is 38.9 Å². The average Bonchev–Trinajstić information content (AvgIpc) is 2.25. The van der Waals surface area contributed by atoms with E-state index in [1.165, 1.54) is 11.8 Å². The van der Waals surface area contributed by atoms with Crippen molar-refractivity contribution in [2.45, 2.75) is 9.92 Å². The zero-order valence-electron chi connectivity index (χ0n) is 8.15. The van der Waals surface area contributed by atoms with Crippen molar-refractivity contribution in [2.24, 2.45) is 0 Å². The molecule has 2 N–H and O–H groups in total. The highest BCUT2D eigenvalue weighted by Crippen LogP contribution is 2.32. The van der Waals surface area contributed by atoms with Crippen molar-refractivity contribution in [1.29, 1.82) is 0 Å². The highest BCUT2D eigenvalue weighted by atomic mass is 35.5. The van der Waals surface area contributed by atoms with E-state index in [0.29, 0.717) is 15.7 Å². The lowest BCUT2D eigenvalue weighted by molar-refractivity contribution is 1.13. The van der Waals surface area contributed by atoms with Gasteiger partial charge in [-0.1, -0.05) is 35.0 Å². The van der Waals surface area contributed by atoms with Crippen LogP contribution in [0.1, 0.15) is 0 Å². The van der Waals surface area contributed by atoms with Crippen LogP contribution in [0.15, 0.2) is 46.5 Å². The maximum atomic E-state index is 5.84. The Labute approximate surface area is 108 Å². The van der Waals surface area contributed by atoms with Crippen molar-refractivity contribution < 1.29 is 0 Å². The zero-order valence-corrected chi connectivity index (χ0v) is 10.5. The van der Waals surface area contributed by atoms with Crippen LogP contribution in [-0.2, 0) is 0 Å². The molecule has 82 valence electrons. The summed E-state index contributed by atoms with van der Waals surface area (Å²) in [6, 6.07) is 9.04. The van der Waals surface area contributed by atoms with Crippen LogP contribution >= 0.6 is 35.0 Å². The van der Waals surface area contributed by atoms with Gasteiger partial charge in [-0.15, -0.1) is 0 Å². The van der Waals surface area contributed by atoms with Gasteiger partial charge in [-0.25, -0.2) is 4.98 Å². The number of rotatable bonds is 2. The number of nitrogen functional groups attached to an aromatic ring is 1. The highest BCUT2D eigenvalue weighted by Gasteiger charge is 2.03. The van der Waals surface area contributed by atoms with E-state index in [-0.39, 0.29) is 0 Å². The molecule has 1 aromatic heterocycles. The van der Waals surface area contributed by atoms with Gasteiger partial charge in [0.05, 0.1) is 5.02 Å². The first kappa shape index (κ1) is 11.6. The Morgan fingerprint density at radius 3 is 2.44 bits per heavy atom. The third-order valence-electron chi connectivity index (χ3n) is 1.89. The van der Waals surface area contributed by atoms with Crippen LogP contribution in [0.2, 0.25) is 10.0 Å². The van der Waals surface area contributed by atoms with E-state index >= 15 is 0 Å². The first-order valence-corrected chi connectivity index (χ1v) is 6.07. The van der Waals surface area contributed by atoms with Gasteiger partial charge in [-0.2, -0.15) is 0 Å². The standard InChI is InChI=1S/C11H8Cl2N2S/c12-7-1-3-10(9(14)5-7)16-11-4-2-8(13)6-15-11/h1-6H,14H2. The average molecular weight is 271 g/mol. The number of nitrogens with zero attached hydrogens (tertiary/aromatic N) is 1. The number of hydrogen-bond acceptors (Lipinski definition) is 3. The van der Waals surface area contributed by atoms with E-state index < -0.39 is 0 Å². The van der Waals surface area contributed by atoms with Crippen molar-refractivity contribution in [3.63, 3.8) is 0 Å². The molecule has 2 nitrogen and oxygen atoms in total. The smallest absolute Gasteiger partial charge is 0.101 e. The Morgan fingerprint density at radius 1 is 1.06 bits per heavy atom. The van der Waals surface area contributed by atoms with E-state index in [4.69, 9.17) is 28.9 Å². The summed E-state index contributed by atoms with van der Waals surface area (Å²) >= 11 is 13.0. The fourth-order valence-electron chi connectivity index (χ4n) is 1.15. The van der Waals surface area contributed by atoms with Crippen molar-refractivity contribution >= 4 is 40.7 Å². The van der Waals surface area contributed by atoms with Crippen LogP contribution in [0.5, 0.6) is 0 Å². The molecule has 0 aliphatic carbocycles. The van der Waals surface area contributed by atoms with Crippen molar-refractivity contribution in [3.05, 3.63) is 46.6 Å². The number of pyridine rings is 1. The lowest BCUT2D eigenvalue weighted by Gasteiger charge is -2.04. The summed E-state index contributed by atoms with van der Waals surface area (Å²) in [7, 11) is 0. The van der Waals surface area contributed by atoms with Crippen LogP contribution in [0.3, 0.4) is 0 Å². The summed E-state index contributed by atoms with van der Waals surface area (Å²) in [5.41, 5.74) is 6.49. The van der Waals surface area contributed by atoms with Gasteiger partial charge in [0, 0.05) is 21.8 Å². The molecule has 1 heterocycles. The minimum atomic E-state index is 0.619. The molecule has 5 heteroatoms. The Balaban J connectivity index is 2.23. The second-order valence-electron chi connectivity index (χ2n) is 3.10. The predicted molar refractivity (Wildman–Crippen MR) is 69.2 cm³/mol. The Hall–Kier alpha value is -0.900. The second kappa shape index (κ2) is 4.95. The van der Waals surface area contributed by atoms with Gasteiger partial charge in [0.2, 0.25) is 0 Å². The minimum absolute atomic E-state index is 0.619. The largest absolute Gasteiger partial charge is 0.398 e. The van der Waals surface area contributed by atoms with E-state index in [1.54, 1.807) is 24.4 Å². The molecule has 0 atom stereocenters. The number of hydrogen-bond donors (Lipinski definition) is 1. The quantitative estimate of drug-likeness (QED) is 0.835. The third kappa shape index (κ3) is 2.82. The van der Waals surface area contributed by atoms with Gasteiger partial charge in [0.25, 0.3) is 0 Å². The fraction of sp³-hybridized carbons (Fsp3) is 0. The molecule has 0 radical (unpaired) electrons. The van der Waals surface area contributed by atoms with E-state index in [1.807, 2.05) is 12.1 Å². The van der Waals surface area contributed by atoms with E-state index in [9.17, 15) is 0 Å². The van der Waals surface area contributed by atoms with Crippen molar-refractivity contribution in [2.75, 3.05) is 5.73 Å². The highest BCUT2D eigenvalue weighted by molar-refractivity contribution is 7.99. The minimum Gasteiger partial charge on any atom is -0.398 e. The van der Waals surface area contributed by atoms with Crippen molar-refractivity contribution in [3.8, 4) is 0 Å². The molecule has 0 unspecified atom stereocenters. The number of nitrogens with two attached hydrogens (primary N) is 1. The second-order valence-corrected chi connectivity index (χ2v) is 5.03. The monoisotopic (exact) mass is 270 g/mol. The predicted octanol–water partition coefficient (Wildman–Crippen LogP) is 4.12. The van der Waals surface area contributed by atoms with Gasteiger partial charge in [0.15, 0.2) is 0 Å². The van der Waals surface area contributed by atoms with Crippen LogP contribution in [-0.4, -0.2) is 4.98 Å². The molecule has 0 spiro atoms. The van der Waals surface area contributed by atoms with Crippen LogP contribution in [0.25, 0.3) is 0 Å². The van der Waals surface area contributed by atoms with Crippen LogP contribution in [0.4, 0.5) is 5.69 Å². The molecule has 16 heavy (non-hydrogen) atoms. The summed E-state index contributed by atoms with van der Waals surface area (Å²) in [6.45, 7) is 0. The lowest BCUT2D eigenvalue weighted by atomic mass is 10.3. The summed E-state index contributed by atoms with van der Waals surface area (Å²) in [4.78, 5) is 5.11. The number of halogens is 2. The SMILES string of the molecule is Nc1cc(Cl)ccc1Sc1ccc(Cl)cn1. The molecule has 2 rings (SSSR count). The molecule has 1 aromatic carbocycles. The summed E-state index contributed by atoms with van der Waals surface area (Å²) in [5.74, 6) is 0. The van der Waals surface area contributed by atoms with Gasteiger partial charge >= 0.3 is 0 Å². The number of anilines is 1. The molecular formula is C11H8Cl2N2S. The van der Waals surface area contributed by atoms with Gasteiger partial charge < -0.3 is 5.73 Å². The van der Waals surface area contributed by atoms with E-state index in [2.05, 4.69) is 4.98 Å². The molecule has 0 fully saturated rings. The molecule has 0 bridgehead atoms. The van der Waals surface area contributed by atoms with Gasteiger partial charge in [-0.3, -0.25) is 0 Å². The summed E-state index contributed by atoms with van der Waals surface area (Å²) in [5, 5.41) is 2.10. The lowest BCUT2D eigenvalue weighted by Crippen LogP contribution is -1.88. The first-order chi connectivity index (χ1) is 7.65. The van der Waals surface area contributed by atoms with Crippen LogP contribution in [0, 0.1) is 0 Å². The molecule has 0 aliphatic heterocycles. The van der Waals surface area contributed by atoms with Gasteiger partial charge in [-0.05, 0) is 30.3 Å². The zero-order chi connectivity index (χ0) is 11.5. The maximum absolute atomic E-state index is 5.84. The Kier molecular flexibility index (Phi) is 3.59. The summed E-state index contributed by atoms with van der Waals surface area (Å²) in [6.07, 6.45) is 1.61. The number of aromatic nitrogens is 1. The normalized spacial score (nSPS) is 10.4. The fourth-order valence-corrected chi connectivity index (χ4v) is 2.22. The molecule has 0 saturated carbocycles. The Bertz CT molecular complexity index is 500. The number of benzene rings is 1. The first-order valence-electron chi connectivity index (χ1n) is 4.49. The van der Waals surface area contributed by atoms with Gasteiger partial charge in [0.1, 0.15) is 5.03 Å². The molecule has 0 saturated heterocycles. The molecule has 0 amide bonds. The molecular weight excluding hydrogens is 263 g/mol. The third-order valence-corrected chi connectivity index (χ3v) is 3.39. The Morgan fingerprint density at radius 2 is 1.81 bits per heavy atom. The summed E-state index contributed by atoms with van der Waals surface area (Å²) < 4.78 is 0. The van der Waals surface area contributed by atoms with Crippen LogP contribution < -0.4 is 5.73 Å².